The molecule has 0 aromatic carbocycles. The minimum absolute atomic E-state index is 0.212. The highest BCUT2D eigenvalue weighted by atomic mass is 32.2. The number of thioether (sulfide) groups is 1. The maximum Gasteiger partial charge on any atom is 0.139 e. The molecule has 1 rings (SSSR count). The highest BCUT2D eigenvalue weighted by Gasteiger charge is 2.02. The second-order valence-corrected chi connectivity index (χ2v) is 3.71. The van der Waals surface area contributed by atoms with Gasteiger partial charge in [0.2, 0.25) is 0 Å². The number of aryl methyl sites for hydroxylation is 1. The van der Waals surface area contributed by atoms with E-state index in [4.69, 9.17) is 4.42 Å². The van der Waals surface area contributed by atoms with Crippen molar-refractivity contribution in [1.29, 1.82) is 0 Å². The van der Waals surface area contributed by atoms with Gasteiger partial charge in [0, 0.05) is 0 Å². The molecule has 0 fully saturated rings. The van der Waals surface area contributed by atoms with Crippen LogP contribution in [0.25, 0.3) is 0 Å². The Balaban J connectivity index is 2.33. The van der Waals surface area contributed by atoms with Gasteiger partial charge in [-0.2, -0.15) is 0 Å². The first kappa shape index (κ1) is 9.39. The van der Waals surface area contributed by atoms with Crippen molar-refractivity contribution >= 4 is 17.5 Å². The van der Waals surface area contributed by atoms with Gasteiger partial charge in [0.1, 0.15) is 11.5 Å². The van der Waals surface area contributed by atoms with Crippen LogP contribution >= 0.6 is 11.8 Å². The average Bonchev–Trinajstić information content (AvgIpc) is 2.36. The molecule has 66 valence electrons. The number of hydrogen-bond donors (Lipinski definition) is 0. The van der Waals surface area contributed by atoms with Crippen molar-refractivity contribution in [3.63, 3.8) is 0 Å². The number of furan rings is 1. The maximum atomic E-state index is 10.6. The lowest BCUT2D eigenvalue weighted by molar-refractivity contribution is -0.114. The van der Waals surface area contributed by atoms with Crippen LogP contribution in [0.15, 0.2) is 16.7 Å². The van der Waals surface area contributed by atoms with E-state index in [2.05, 4.69) is 0 Å². The van der Waals surface area contributed by atoms with Gasteiger partial charge in [0.25, 0.3) is 0 Å². The number of carbonyl (C=O) groups excluding carboxylic acids is 1. The van der Waals surface area contributed by atoms with Crippen LogP contribution in [-0.4, -0.2) is 11.5 Å². The lowest BCUT2D eigenvalue weighted by atomic mass is 10.3. The van der Waals surface area contributed by atoms with Gasteiger partial charge < -0.3 is 4.42 Å². The van der Waals surface area contributed by atoms with Gasteiger partial charge in [0.05, 0.1) is 17.8 Å². The molecule has 0 bridgehead atoms. The van der Waals surface area contributed by atoms with E-state index >= 15 is 0 Å². The summed E-state index contributed by atoms with van der Waals surface area (Å²) < 4.78 is 5.21. The predicted molar refractivity (Wildman–Crippen MR) is 50.3 cm³/mol. The molecule has 3 heteroatoms. The van der Waals surface area contributed by atoms with E-state index in [-0.39, 0.29) is 5.78 Å². The Hall–Kier alpha value is -0.700. The highest BCUT2D eigenvalue weighted by Crippen LogP contribution is 2.16. The third kappa shape index (κ3) is 2.74. The van der Waals surface area contributed by atoms with E-state index in [0.717, 1.165) is 17.1 Å². The largest absolute Gasteiger partial charge is 0.468 e. The van der Waals surface area contributed by atoms with E-state index in [0.29, 0.717) is 5.75 Å². The third-order valence-electron chi connectivity index (χ3n) is 1.51. The molecule has 1 heterocycles. The minimum Gasteiger partial charge on any atom is -0.468 e. The van der Waals surface area contributed by atoms with Gasteiger partial charge in [0.15, 0.2) is 0 Å². The topological polar surface area (TPSA) is 30.2 Å². The van der Waals surface area contributed by atoms with Crippen molar-refractivity contribution in [2.75, 3.05) is 5.75 Å². The van der Waals surface area contributed by atoms with Crippen LogP contribution < -0.4 is 0 Å². The summed E-state index contributed by atoms with van der Waals surface area (Å²) in [5.41, 5.74) is 1.16. The molecule has 0 saturated heterocycles. The molecule has 0 aliphatic rings. The summed E-state index contributed by atoms with van der Waals surface area (Å²) in [7, 11) is 0. The van der Waals surface area contributed by atoms with Crippen molar-refractivity contribution in [3.05, 3.63) is 23.7 Å². The van der Waals surface area contributed by atoms with E-state index in [1.54, 1.807) is 24.9 Å². The van der Waals surface area contributed by atoms with Crippen molar-refractivity contribution in [1.82, 2.24) is 0 Å². The smallest absolute Gasteiger partial charge is 0.139 e. The molecule has 12 heavy (non-hydrogen) atoms. The van der Waals surface area contributed by atoms with Crippen molar-refractivity contribution in [2.24, 2.45) is 0 Å². The maximum absolute atomic E-state index is 10.6. The van der Waals surface area contributed by atoms with Crippen LogP contribution in [0.1, 0.15) is 18.2 Å². The number of rotatable bonds is 4. The summed E-state index contributed by atoms with van der Waals surface area (Å²) in [6.45, 7) is 3.61. The fourth-order valence-corrected chi connectivity index (χ4v) is 1.71. The van der Waals surface area contributed by atoms with Gasteiger partial charge in [-0.05, 0) is 25.5 Å². The second kappa shape index (κ2) is 4.36. The summed E-state index contributed by atoms with van der Waals surface area (Å²) >= 11 is 1.59. The second-order valence-electron chi connectivity index (χ2n) is 2.72. The quantitative estimate of drug-likeness (QED) is 0.719. The Morgan fingerprint density at radius 3 is 2.92 bits per heavy atom. The fourth-order valence-electron chi connectivity index (χ4n) is 0.839. The zero-order valence-electron chi connectivity index (χ0n) is 7.29. The van der Waals surface area contributed by atoms with Crippen LogP contribution in [0.2, 0.25) is 0 Å². The molecule has 0 unspecified atom stereocenters. The molecular weight excluding hydrogens is 172 g/mol. The first-order valence-corrected chi connectivity index (χ1v) is 4.96. The van der Waals surface area contributed by atoms with Crippen molar-refractivity contribution in [2.45, 2.75) is 19.6 Å². The molecule has 0 atom stereocenters. The Kier molecular flexibility index (Phi) is 3.41. The molecule has 0 aliphatic carbocycles. The zero-order chi connectivity index (χ0) is 8.97. The Labute approximate surface area is 76.3 Å². The van der Waals surface area contributed by atoms with E-state index in [1.807, 2.05) is 13.0 Å². The van der Waals surface area contributed by atoms with E-state index in [9.17, 15) is 4.79 Å². The van der Waals surface area contributed by atoms with Crippen molar-refractivity contribution in [3.8, 4) is 0 Å². The molecular formula is C9H12O2S. The number of ketones is 1. The SMILES string of the molecule is CC(=O)CSCc1occc1C. The lowest BCUT2D eigenvalue weighted by Crippen LogP contribution is -1.93. The standard InChI is InChI=1S/C9H12O2S/c1-7-3-4-11-9(7)6-12-5-8(2)10/h3-4H,5-6H2,1-2H3. The van der Waals surface area contributed by atoms with Gasteiger partial charge in [-0.1, -0.05) is 0 Å². The Bertz CT molecular complexity index is 265. The first-order valence-electron chi connectivity index (χ1n) is 3.80. The molecule has 0 spiro atoms. The number of carbonyl (C=O) groups is 1. The van der Waals surface area contributed by atoms with Gasteiger partial charge >= 0.3 is 0 Å². The third-order valence-corrected chi connectivity index (χ3v) is 2.58. The molecule has 2 nitrogen and oxygen atoms in total. The van der Waals surface area contributed by atoms with Crippen molar-refractivity contribution < 1.29 is 9.21 Å². The summed E-state index contributed by atoms with van der Waals surface area (Å²) in [6, 6.07) is 1.93. The van der Waals surface area contributed by atoms with Crippen LogP contribution in [0, 0.1) is 6.92 Å². The van der Waals surface area contributed by atoms with Gasteiger partial charge in [-0.15, -0.1) is 11.8 Å². The fraction of sp³-hybridized carbons (Fsp3) is 0.444. The summed E-state index contributed by atoms with van der Waals surface area (Å²) in [5.74, 6) is 2.55. The molecule has 1 aromatic rings. The summed E-state index contributed by atoms with van der Waals surface area (Å²) in [6.07, 6.45) is 1.68. The van der Waals surface area contributed by atoms with E-state index in [1.165, 1.54) is 0 Å². The predicted octanol–water partition coefficient (Wildman–Crippen LogP) is 2.41. The monoisotopic (exact) mass is 184 g/mol. The van der Waals surface area contributed by atoms with Crippen LogP contribution in [0.3, 0.4) is 0 Å². The Morgan fingerprint density at radius 2 is 2.42 bits per heavy atom. The molecule has 0 radical (unpaired) electrons. The van der Waals surface area contributed by atoms with Crippen LogP contribution in [0.4, 0.5) is 0 Å². The highest BCUT2D eigenvalue weighted by molar-refractivity contribution is 7.99. The van der Waals surface area contributed by atoms with Crippen LogP contribution in [0.5, 0.6) is 0 Å². The lowest BCUT2D eigenvalue weighted by Gasteiger charge is -1.96. The number of hydrogen-bond acceptors (Lipinski definition) is 3. The molecule has 0 amide bonds. The molecule has 0 saturated carbocycles. The van der Waals surface area contributed by atoms with Crippen LogP contribution in [-0.2, 0) is 10.5 Å². The minimum atomic E-state index is 0.212. The van der Waals surface area contributed by atoms with Gasteiger partial charge in [-0.25, -0.2) is 0 Å². The zero-order valence-corrected chi connectivity index (χ0v) is 8.11. The Morgan fingerprint density at radius 1 is 1.67 bits per heavy atom. The normalized spacial score (nSPS) is 10.2. The summed E-state index contributed by atoms with van der Waals surface area (Å²) in [5, 5.41) is 0. The molecule has 0 N–H and O–H groups in total. The number of Topliss-reactive ketones (excluding diaryl/α,β-unsaturated/α-hetero) is 1. The molecule has 0 aliphatic heterocycles. The van der Waals surface area contributed by atoms with E-state index < -0.39 is 0 Å². The van der Waals surface area contributed by atoms with Gasteiger partial charge in [-0.3, -0.25) is 4.79 Å². The summed E-state index contributed by atoms with van der Waals surface area (Å²) in [4.78, 5) is 10.6. The first-order chi connectivity index (χ1) is 5.70. The molecule has 1 aromatic heterocycles. The average molecular weight is 184 g/mol.